The maximum absolute atomic E-state index is 12.5. The van der Waals surface area contributed by atoms with E-state index in [0.717, 1.165) is 49.7 Å². The third-order valence-corrected chi connectivity index (χ3v) is 4.58. The number of ether oxygens (including phenoxy) is 1. The zero-order chi connectivity index (χ0) is 17.1. The van der Waals surface area contributed by atoms with Crippen molar-refractivity contribution < 1.29 is 18.7 Å². The Morgan fingerprint density at radius 3 is 2.46 bits per heavy atom. The number of carbonyl (C=O) groups is 2. The zero-order valence-electron chi connectivity index (χ0n) is 14.2. The fourth-order valence-electron chi connectivity index (χ4n) is 3.18. The highest BCUT2D eigenvalue weighted by molar-refractivity contribution is 5.97. The lowest BCUT2D eigenvalue weighted by atomic mass is 10.1. The lowest BCUT2D eigenvalue weighted by Gasteiger charge is -2.23. The molecular formula is C19H23NO4. The topological polar surface area (TPSA) is 59.8 Å². The van der Waals surface area contributed by atoms with Crippen LogP contribution in [0.3, 0.4) is 0 Å². The SMILES string of the molecule is Cc1c(C(=O)O[C@@H](C)C(=O)N2CCCCCC2)oc2ccccc12. The first-order valence-corrected chi connectivity index (χ1v) is 8.56. The first kappa shape index (κ1) is 16.6. The minimum atomic E-state index is -0.803. The van der Waals surface area contributed by atoms with Crippen LogP contribution in [0.15, 0.2) is 28.7 Å². The van der Waals surface area contributed by atoms with E-state index < -0.39 is 12.1 Å². The normalized spacial score (nSPS) is 16.7. The fraction of sp³-hybridized carbons (Fsp3) is 0.474. The van der Waals surface area contributed by atoms with Crippen molar-refractivity contribution in [3.8, 4) is 0 Å². The number of esters is 1. The molecule has 1 saturated heterocycles. The average molecular weight is 329 g/mol. The zero-order valence-corrected chi connectivity index (χ0v) is 14.2. The van der Waals surface area contributed by atoms with Gasteiger partial charge in [0, 0.05) is 24.0 Å². The van der Waals surface area contributed by atoms with Gasteiger partial charge in [0.1, 0.15) is 5.58 Å². The Balaban J connectivity index is 1.70. The van der Waals surface area contributed by atoms with E-state index >= 15 is 0 Å². The minimum absolute atomic E-state index is 0.126. The van der Waals surface area contributed by atoms with Gasteiger partial charge in [0.2, 0.25) is 5.76 Å². The first-order valence-electron chi connectivity index (χ1n) is 8.56. The van der Waals surface area contributed by atoms with Crippen LogP contribution in [0.5, 0.6) is 0 Å². The number of amides is 1. The van der Waals surface area contributed by atoms with Crippen LogP contribution in [0.2, 0.25) is 0 Å². The van der Waals surface area contributed by atoms with Gasteiger partial charge in [0.25, 0.3) is 5.91 Å². The van der Waals surface area contributed by atoms with E-state index in [2.05, 4.69) is 0 Å². The molecule has 0 spiro atoms. The Morgan fingerprint density at radius 2 is 1.79 bits per heavy atom. The van der Waals surface area contributed by atoms with Gasteiger partial charge in [0.05, 0.1) is 0 Å². The van der Waals surface area contributed by atoms with Crippen molar-refractivity contribution >= 4 is 22.8 Å². The summed E-state index contributed by atoms with van der Waals surface area (Å²) in [6.45, 7) is 4.93. The Labute approximate surface area is 141 Å². The van der Waals surface area contributed by atoms with E-state index in [9.17, 15) is 9.59 Å². The highest BCUT2D eigenvalue weighted by atomic mass is 16.6. The van der Waals surface area contributed by atoms with Crippen LogP contribution in [0, 0.1) is 6.92 Å². The third-order valence-electron chi connectivity index (χ3n) is 4.58. The number of fused-ring (bicyclic) bond motifs is 1. The smallest absolute Gasteiger partial charge is 0.375 e. The second kappa shape index (κ2) is 7.07. The lowest BCUT2D eigenvalue weighted by molar-refractivity contribution is -0.139. The van der Waals surface area contributed by atoms with E-state index in [0.29, 0.717) is 5.58 Å². The molecule has 5 heteroatoms. The minimum Gasteiger partial charge on any atom is -0.449 e. The molecule has 0 aliphatic carbocycles. The summed E-state index contributed by atoms with van der Waals surface area (Å²) in [6, 6.07) is 7.46. The van der Waals surface area contributed by atoms with Crippen LogP contribution in [-0.4, -0.2) is 36.0 Å². The van der Waals surface area contributed by atoms with Crippen LogP contribution < -0.4 is 0 Å². The molecule has 1 amide bonds. The number of aryl methyl sites for hydroxylation is 1. The molecule has 128 valence electrons. The van der Waals surface area contributed by atoms with Gasteiger partial charge >= 0.3 is 5.97 Å². The van der Waals surface area contributed by atoms with Gasteiger partial charge in [-0.15, -0.1) is 0 Å². The number of carbonyl (C=O) groups excluding carboxylic acids is 2. The Hall–Kier alpha value is -2.30. The summed E-state index contributed by atoms with van der Waals surface area (Å²) in [6.07, 6.45) is 3.51. The summed E-state index contributed by atoms with van der Waals surface area (Å²) in [5, 5.41) is 0.885. The van der Waals surface area contributed by atoms with Gasteiger partial charge in [-0.1, -0.05) is 31.0 Å². The standard InChI is InChI=1S/C19H23NO4/c1-13-15-9-5-6-10-16(15)24-17(13)19(22)23-14(2)18(21)20-11-7-3-4-8-12-20/h5-6,9-10,14H,3-4,7-8,11-12H2,1-2H3/t14-/m0/s1. The molecule has 1 atom stereocenters. The number of furan rings is 1. The number of benzene rings is 1. The predicted molar refractivity (Wildman–Crippen MR) is 90.9 cm³/mol. The maximum atomic E-state index is 12.5. The molecule has 0 bridgehead atoms. The molecular weight excluding hydrogens is 306 g/mol. The Kier molecular flexibility index (Phi) is 4.88. The Morgan fingerprint density at radius 1 is 1.12 bits per heavy atom. The van der Waals surface area contributed by atoms with Crippen molar-refractivity contribution in [2.45, 2.75) is 45.6 Å². The molecule has 1 fully saturated rings. The molecule has 1 aromatic carbocycles. The van der Waals surface area contributed by atoms with Crippen LogP contribution >= 0.6 is 0 Å². The number of rotatable bonds is 3. The maximum Gasteiger partial charge on any atom is 0.375 e. The predicted octanol–water partition coefficient (Wildman–Crippen LogP) is 3.69. The number of hydrogen-bond acceptors (Lipinski definition) is 4. The van der Waals surface area contributed by atoms with Gasteiger partial charge in [-0.3, -0.25) is 4.79 Å². The van der Waals surface area contributed by atoms with E-state index in [-0.39, 0.29) is 11.7 Å². The summed E-state index contributed by atoms with van der Waals surface area (Å²) < 4.78 is 11.0. The van der Waals surface area contributed by atoms with E-state index in [1.165, 1.54) is 0 Å². The van der Waals surface area contributed by atoms with Crippen molar-refractivity contribution in [2.75, 3.05) is 13.1 Å². The fourth-order valence-corrected chi connectivity index (χ4v) is 3.18. The molecule has 3 rings (SSSR count). The molecule has 0 radical (unpaired) electrons. The van der Waals surface area contributed by atoms with Crippen molar-refractivity contribution in [3.63, 3.8) is 0 Å². The monoisotopic (exact) mass is 329 g/mol. The van der Waals surface area contributed by atoms with Crippen LogP contribution in [0.4, 0.5) is 0 Å². The van der Waals surface area contributed by atoms with E-state index in [1.807, 2.05) is 31.2 Å². The summed E-state index contributed by atoms with van der Waals surface area (Å²) in [5.74, 6) is -0.537. The van der Waals surface area contributed by atoms with Gasteiger partial charge in [0.15, 0.2) is 6.10 Å². The summed E-state index contributed by atoms with van der Waals surface area (Å²) in [7, 11) is 0. The average Bonchev–Trinajstić information content (AvgIpc) is 2.77. The molecule has 24 heavy (non-hydrogen) atoms. The van der Waals surface area contributed by atoms with Crippen LogP contribution in [-0.2, 0) is 9.53 Å². The number of nitrogens with zero attached hydrogens (tertiary/aromatic N) is 1. The van der Waals surface area contributed by atoms with Crippen molar-refractivity contribution in [1.82, 2.24) is 4.90 Å². The molecule has 0 unspecified atom stereocenters. The highest BCUT2D eigenvalue weighted by Gasteiger charge is 2.27. The molecule has 1 aromatic heterocycles. The number of hydrogen-bond donors (Lipinski definition) is 0. The van der Waals surface area contributed by atoms with Gasteiger partial charge in [-0.25, -0.2) is 4.79 Å². The summed E-state index contributed by atoms with van der Waals surface area (Å²) >= 11 is 0. The van der Waals surface area contributed by atoms with Crippen molar-refractivity contribution in [1.29, 1.82) is 0 Å². The number of para-hydroxylation sites is 1. The summed E-state index contributed by atoms with van der Waals surface area (Å²) in [4.78, 5) is 26.7. The number of likely N-dealkylation sites (tertiary alicyclic amines) is 1. The quantitative estimate of drug-likeness (QED) is 0.806. The molecule has 5 nitrogen and oxygen atoms in total. The molecule has 1 aliphatic rings. The molecule has 0 saturated carbocycles. The van der Waals surface area contributed by atoms with Crippen LogP contribution in [0.1, 0.15) is 48.7 Å². The molecule has 1 aliphatic heterocycles. The first-order chi connectivity index (χ1) is 11.6. The largest absolute Gasteiger partial charge is 0.449 e. The van der Waals surface area contributed by atoms with E-state index in [4.69, 9.17) is 9.15 Å². The summed E-state index contributed by atoms with van der Waals surface area (Å²) in [5.41, 5.74) is 1.39. The van der Waals surface area contributed by atoms with Crippen LogP contribution in [0.25, 0.3) is 11.0 Å². The van der Waals surface area contributed by atoms with Gasteiger partial charge in [-0.05, 0) is 32.8 Å². The lowest BCUT2D eigenvalue weighted by Crippen LogP contribution is -2.40. The van der Waals surface area contributed by atoms with Gasteiger partial charge in [-0.2, -0.15) is 0 Å². The van der Waals surface area contributed by atoms with Crippen molar-refractivity contribution in [2.24, 2.45) is 0 Å². The second-order valence-electron chi connectivity index (χ2n) is 6.34. The molecule has 0 N–H and O–H groups in total. The van der Waals surface area contributed by atoms with Gasteiger partial charge < -0.3 is 14.1 Å². The molecule has 2 heterocycles. The second-order valence-corrected chi connectivity index (χ2v) is 6.34. The molecule has 2 aromatic rings. The third kappa shape index (κ3) is 3.30. The Bertz CT molecular complexity index is 741. The highest BCUT2D eigenvalue weighted by Crippen LogP contribution is 2.25. The van der Waals surface area contributed by atoms with Crippen molar-refractivity contribution in [3.05, 3.63) is 35.6 Å². The van der Waals surface area contributed by atoms with E-state index in [1.54, 1.807) is 11.8 Å².